The third-order valence-electron chi connectivity index (χ3n) is 4.22. The van der Waals surface area contributed by atoms with Crippen LogP contribution in [0.3, 0.4) is 0 Å². The van der Waals surface area contributed by atoms with E-state index in [2.05, 4.69) is 22.0 Å². The Balaban J connectivity index is 1.61. The summed E-state index contributed by atoms with van der Waals surface area (Å²) in [6.45, 7) is 4.98. The number of nitrogens with two attached hydrogens (primary N) is 1. The van der Waals surface area contributed by atoms with Crippen molar-refractivity contribution in [2.45, 2.75) is 32.6 Å². The van der Waals surface area contributed by atoms with Crippen molar-refractivity contribution in [3.8, 4) is 5.75 Å². The zero-order valence-corrected chi connectivity index (χ0v) is 13.4. The Morgan fingerprint density at radius 3 is 3.04 bits per heavy atom. The molecule has 1 atom stereocenters. The fraction of sp³-hybridized carbons (Fsp3) is 0.471. The average molecular weight is 317 g/mol. The van der Waals surface area contributed by atoms with Crippen molar-refractivity contribution in [1.29, 1.82) is 0 Å². The van der Waals surface area contributed by atoms with Gasteiger partial charge in [0, 0.05) is 26.2 Å². The zero-order chi connectivity index (χ0) is 16.2. The molecule has 3 rings (SSSR count). The Hall–Kier alpha value is -1.89. The van der Waals surface area contributed by atoms with Gasteiger partial charge in [-0.15, -0.1) is 0 Å². The first-order valence-electron chi connectivity index (χ1n) is 7.89. The second kappa shape index (κ2) is 7.12. The van der Waals surface area contributed by atoms with E-state index in [1.165, 1.54) is 17.5 Å². The second-order valence-corrected chi connectivity index (χ2v) is 5.95. The number of aromatic nitrogens is 1. The molecular weight excluding hydrogens is 294 g/mol. The standard InChI is InChI=1S/C17H23N3O3/c1-12-17(23-11-19-12)10-22-16-3-2-14-8-20(9-15(21)7-18)5-4-13(14)6-16/h2-3,6,11,15,21H,4-5,7-10,18H2,1H3/t15-/m1/s1. The molecule has 0 saturated carbocycles. The molecule has 0 aliphatic carbocycles. The van der Waals surface area contributed by atoms with Crippen LogP contribution < -0.4 is 10.5 Å². The van der Waals surface area contributed by atoms with Gasteiger partial charge in [0.25, 0.3) is 0 Å². The van der Waals surface area contributed by atoms with Gasteiger partial charge >= 0.3 is 0 Å². The Bertz CT molecular complexity index is 656. The summed E-state index contributed by atoms with van der Waals surface area (Å²) in [6, 6.07) is 6.17. The highest BCUT2D eigenvalue weighted by Gasteiger charge is 2.18. The Morgan fingerprint density at radius 1 is 1.43 bits per heavy atom. The molecule has 0 radical (unpaired) electrons. The molecular formula is C17H23N3O3. The molecule has 0 saturated heterocycles. The summed E-state index contributed by atoms with van der Waals surface area (Å²) in [7, 11) is 0. The van der Waals surface area contributed by atoms with Crippen molar-refractivity contribution in [2.24, 2.45) is 5.73 Å². The van der Waals surface area contributed by atoms with E-state index in [1.807, 2.05) is 13.0 Å². The van der Waals surface area contributed by atoms with E-state index in [1.54, 1.807) is 0 Å². The fourth-order valence-corrected chi connectivity index (χ4v) is 2.82. The lowest BCUT2D eigenvalue weighted by atomic mass is 9.99. The van der Waals surface area contributed by atoms with Gasteiger partial charge in [-0.3, -0.25) is 4.90 Å². The minimum Gasteiger partial charge on any atom is -0.486 e. The molecule has 0 spiro atoms. The quantitative estimate of drug-likeness (QED) is 0.834. The Morgan fingerprint density at radius 2 is 2.30 bits per heavy atom. The van der Waals surface area contributed by atoms with Gasteiger partial charge in [-0.2, -0.15) is 0 Å². The van der Waals surface area contributed by atoms with Crippen molar-refractivity contribution < 1.29 is 14.3 Å². The van der Waals surface area contributed by atoms with E-state index < -0.39 is 6.10 Å². The lowest BCUT2D eigenvalue weighted by molar-refractivity contribution is 0.111. The smallest absolute Gasteiger partial charge is 0.181 e. The number of benzene rings is 1. The van der Waals surface area contributed by atoms with Crippen LogP contribution in [0, 0.1) is 6.92 Å². The van der Waals surface area contributed by atoms with Crippen LogP contribution in [0.4, 0.5) is 0 Å². The number of aliphatic hydroxyl groups is 1. The van der Waals surface area contributed by atoms with Crippen LogP contribution in [0.15, 0.2) is 29.0 Å². The van der Waals surface area contributed by atoms with Crippen LogP contribution >= 0.6 is 0 Å². The number of hydrogen-bond acceptors (Lipinski definition) is 6. The zero-order valence-electron chi connectivity index (χ0n) is 13.4. The minimum absolute atomic E-state index is 0.303. The van der Waals surface area contributed by atoms with Gasteiger partial charge in [-0.25, -0.2) is 4.98 Å². The van der Waals surface area contributed by atoms with E-state index in [4.69, 9.17) is 14.9 Å². The molecule has 1 aromatic heterocycles. The van der Waals surface area contributed by atoms with Crippen LogP contribution in [-0.4, -0.2) is 40.7 Å². The summed E-state index contributed by atoms with van der Waals surface area (Å²) in [5, 5.41) is 9.68. The molecule has 124 valence electrons. The van der Waals surface area contributed by atoms with Gasteiger partial charge in [0.1, 0.15) is 12.4 Å². The van der Waals surface area contributed by atoms with E-state index in [9.17, 15) is 5.11 Å². The lowest BCUT2D eigenvalue weighted by Gasteiger charge is -2.30. The summed E-state index contributed by atoms with van der Waals surface area (Å²) in [5.41, 5.74) is 8.92. The van der Waals surface area contributed by atoms with Crippen LogP contribution in [0.2, 0.25) is 0 Å². The molecule has 3 N–H and O–H groups in total. The molecule has 1 aliphatic rings. The van der Waals surface area contributed by atoms with Gasteiger partial charge in [0.2, 0.25) is 0 Å². The first-order valence-corrected chi connectivity index (χ1v) is 7.89. The summed E-state index contributed by atoms with van der Waals surface area (Å²) in [5.74, 6) is 1.60. The summed E-state index contributed by atoms with van der Waals surface area (Å²) < 4.78 is 11.1. The number of aliphatic hydroxyl groups excluding tert-OH is 1. The number of ether oxygens (including phenoxy) is 1. The van der Waals surface area contributed by atoms with Crippen molar-refractivity contribution in [3.63, 3.8) is 0 Å². The predicted octanol–water partition coefficient (Wildman–Crippen LogP) is 1.24. The molecule has 0 unspecified atom stereocenters. The SMILES string of the molecule is Cc1ncoc1COc1ccc2c(c1)CCN(C[C@H](O)CN)C2. The molecule has 6 nitrogen and oxygen atoms in total. The first-order chi connectivity index (χ1) is 11.2. The average Bonchev–Trinajstić information content (AvgIpc) is 2.97. The highest BCUT2D eigenvalue weighted by molar-refractivity contribution is 5.37. The van der Waals surface area contributed by atoms with Gasteiger partial charge in [-0.1, -0.05) is 6.07 Å². The van der Waals surface area contributed by atoms with Crippen molar-refractivity contribution in [3.05, 3.63) is 47.2 Å². The third-order valence-corrected chi connectivity index (χ3v) is 4.22. The van der Waals surface area contributed by atoms with Gasteiger partial charge in [-0.05, 0) is 36.6 Å². The molecule has 6 heteroatoms. The molecule has 2 aromatic rings. The van der Waals surface area contributed by atoms with E-state index >= 15 is 0 Å². The topological polar surface area (TPSA) is 84.8 Å². The van der Waals surface area contributed by atoms with Crippen LogP contribution in [0.25, 0.3) is 0 Å². The molecule has 1 aliphatic heterocycles. The number of hydrogen-bond donors (Lipinski definition) is 2. The van der Waals surface area contributed by atoms with Gasteiger partial charge < -0.3 is 20.0 Å². The highest BCUT2D eigenvalue weighted by Crippen LogP contribution is 2.24. The molecule has 2 heterocycles. The van der Waals surface area contributed by atoms with Crippen LogP contribution in [0.5, 0.6) is 5.75 Å². The van der Waals surface area contributed by atoms with E-state index in [0.717, 1.165) is 36.7 Å². The molecule has 0 bridgehead atoms. The second-order valence-electron chi connectivity index (χ2n) is 5.95. The number of oxazole rings is 1. The monoisotopic (exact) mass is 317 g/mol. The van der Waals surface area contributed by atoms with Crippen LogP contribution in [-0.2, 0) is 19.6 Å². The number of β-amino-alcohol motifs (C(OH)–C–C–N with tert-alkyl or cyclic N) is 1. The number of rotatable bonds is 6. The summed E-state index contributed by atoms with van der Waals surface area (Å²) in [6.07, 6.45) is 1.93. The number of nitrogens with zero attached hydrogens (tertiary/aromatic N) is 2. The van der Waals surface area contributed by atoms with E-state index in [-0.39, 0.29) is 0 Å². The summed E-state index contributed by atoms with van der Waals surface area (Å²) >= 11 is 0. The van der Waals surface area contributed by atoms with Crippen molar-refractivity contribution in [1.82, 2.24) is 9.88 Å². The van der Waals surface area contributed by atoms with E-state index in [0.29, 0.717) is 19.7 Å². The van der Waals surface area contributed by atoms with Gasteiger partial charge in [0.05, 0.1) is 11.8 Å². The highest BCUT2D eigenvalue weighted by atomic mass is 16.5. The normalized spacial score (nSPS) is 16.1. The van der Waals surface area contributed by atoms with Crippen molar-refractivity contribution >= 4 is 0 Å². The van der Waals surface area contributed by atoms with Gasteiger partial charge in [0.15, 0.2) is 12.2 Å². The molecule has 0 fully saturated rings. The maximum Gasteiger partial charge on any atom is 0.181 e. The third kappa shape index (κ3) is 3.90. The largest absolute Gasteiger partial charge is 0.486 e. The minimum atomic E-state index is -0.454. The Kier molecular flexibility index (Phi) is 4.95. The van der Waals surface area contributed by atoms with Crippen molar-refractivity contribution in [2.75, 3.05) is 19.6 Å². The lowest BCUT2D eigenvalue weighted by Crippen LogP contribution is -2.39. The first kappa shape index (κ1) is 16.0. The van der Waals surface area contributed by atoms with Crippen LogP contribution in [0.1, 0.15) is 22.6 Å². The molecule has 23 heavy (non-hydrogen) atoms. The maximum absolute atomic E-state index is 9.68. The number of aryl methyl sites for hydroxylation is 1. The maximum atomic E-state index is 9.68. The Labute approximate surface area is 135 Å². The number of fused-ring (bicyclic) bond motifs is 1. The summed E-state index contributed by atoms with van der Waals surface area (Å²) in [4.78, 5) is 6.29. The molecule has 0 amide bonds. The predicted molar refractivity (Wildman–Crippen MR) is 86.1 cm³/mol. The molecule has 1 aromatic carbocycles. The fourth-order valence-electron chi connectivity index (χ4n) is 2.82.